The summed E-state index contributed by atoms with van der Waals surface area (Å²) in [6.07, 6.45) is 0. The molecule has 8 aromatic carbocycles. The Morgan fingerprint density at radius 1 is 0.429 bits per heavy atom. The van der Waals surface area contributed by atoms with E-state index in [1.165, 1.54) is 54.9 Å². The number of rotatable bonds is 5. The minimum atomic E-state index is -0.0869. The maximum Gasteiger partial charge on any atom is 0.143 e. The molecule has 0 unspecified atom stereocenters. The van der Waals surface area contributed by atoms with E-state index in [2.05, 4.69) is 183 Å². The lowest BCUT2D eigenvalue weighted by Gasteiger charge is -2.28. The largest absolute Gasteiger partial charge is 0.455 e. The van der Waals surface area contributed by atoms with Crippen molar-refractivity contribution in [2.75, 3.05) is 4.90 Å². The van der Waals surface area contributed by atoms with E-state index in [0.29, 0.717) is 0 Å². The van der Waals surface area contributed by atoms with E-state index in [1.54, 1.807) is 0 Å². The second kappa shape index (κ2) is 10.4. The summed E-state index contributed by atoms with van der Waals surface area (Å²) in [6.45, 7) is 4.69. The monoisotopic (exact) mass is 627 g/mol. The number of furan rings is 1. The molecule has 0 saturated heterocycles. The lowest BCUT2D eigenvalue weighted by atomic mass is 9.82. The van der Waals surface area contributed by atoms with E-state index in [-0.39, 0.29) is 5.41 Å². The maximum atomic E-state index is 6.54. The Hall–Kier alpha value is -6.12. The molecule has 49 heavy (non-hydrogen) atoms. The van der Waals surface area contributed by atoms with Crippen LogP contribution in [0.1, 0.15) is 25.0 Å². The molecule has 232 valence electrons. The summed E-state index contributed by atoms with van der Waals surface area (Å²) in [7, 11) is 0. The second-order valence-electron chi connectivity index (χ2n) is 13.8. The van der Waals surface area contributed by atoms with Gasteiger partial charge in [0, 0.05) is 38.8 Å². The fourth-order valence-electron chi connectivity index (χ4n) is 8.16. The Morgan fingerprint density at radius 3 is 1.80 bits per heavy atom. The van der Waals surface area contributed by atoms with Crippen molar-refractivity contribution >= 4 is 49.8 Å². The van der Waals surface area contributed by atoms with Crippen molar-refractivity contribution in [1.82, 2.24) is 0 Å². The quantitative estimate of drug-likeness (QED) is 0.177. The molecule has 0 radical (unpaired) electrons. The molecule has 2 heteroatoms. The molecule has 1 aliphatic rings. The molecule has 9 aromatic rings. The summed E-state index contributed by atoms with van der Waals surface area (Å²) in [4.78, 5) is 2.38. The molecule has 1 heterocycles. The van der Waals surface area contributed by atoms with Gasteiger partial charge in [0.25, 0.3) is 0 Å². The highest BCUT2D eigenvalue weighted by Crippen LogP contribution is 2.51. The van der Waals surface area contributed by atoms with Crippen LogP contribution < -0.4 is 4.90 Å². The first-order chi connectivity index (χ1) is 24.0. The van der Waals surface area contributed by atoms with Crippen molar-refractivity contribution in [2.45, 2.75) is 19.3 Å². The van der Waals surface area contributed by atoms with E-state index < -0.39 is 0 Å². The number of hydrogen-bond donors (Lipinski definition) is 0. The zero-order valence-corrected chi connectivity index (χ0v) is 27.4. The van der Waals surface area contributed by atoms with Gasteiger partial charge in [0.05, 0.1) is 0 Å². The van der Waals surface area contributed by atoms with Crippen LogP contribution in [0.25, 0.3) is 66.1 Å². The minimum absolute atomic E-state index is 0.0869. The minimum Gasteiger partial charge on any atom is -0.455 e. The SMILES string of the molecule is CC1(C)c2ccccc2-c2ccc(N(c3ccc(-c4ccccc4)cc3)c3ccc(-c4ccc5ccc6cccc7oc4c5c67)cc3)cc21. The molecule has 0 fully saturated rings. The van der Waals surface area contributed by atoms with E-state index in [1.807, 2.05) is 0 Å². The van der Waals surface area contributed by atoms with E-state index in [0.717, 1.165) is 39.4 Å². The Labute approximate surface area is 285 Å². The third-order valence-corrected chi connectivity index (χ3v) is 10.6. The molecule has 0 spiro atoms. The van der Waals surface area contributed by atoms with Crippen molar-refractivity contribution < 1.29 is 4.42 Å². The average molecular weight is 628 g/mol. The molecule has 0 saturated carbocycles. The Bertz CT molecular complexity index is 2660. The van der Waals surface area contributed by atoms with E-state index >= 15 is 0 Å². The Kier molecular flexibility index (Phi) is 5.95. The van der Waals surface area contributed by atoms with Crippen molar-refractivity contribution in [1.29, 1.82) is 0 Å². The van der Waals surface area contributed by atoms with Crippen LogP contribution in [0, 0.1) is 0 Å². The highest BCUT2D eigenvalue weighted by molar-refractivity contribution is 6.24. The molecule has 0 amide bonds. The smallest absolute Gasteiger partial charge is 0.143 e. The molecule has 0 aliphatic heterocycles. The molecule has 10 rings (SSSR count). The molecule has 0 atom stereocenters. The van der Waals surface area contributed by atoms with Crippen molar-refractivity contribution in [2.24, 2.45) is 0 Å². The maximum absolute atomic E-state index is 6.54. The molecule has 0 N–H and O–H groups in total. The van der Waals surface area contributed by atoms with Gasteiger partial charge in [0.1, 0.15) is 11.2 Å². The molecule has 1 aliphatic carbocycles. The summed E-state index contributed by atoms with van der Waals surface area (Å²) in [6, 6.07) is 59.4. The fourth-order valence-corrected chi connectivity index (χ4v) is 8.16. The molecule has 2 nitrogen and oxygen atoms in total. The standard InChI is InChI=1S/C47H33NO/c1-47(2)41-13-7-6-12-39(41)40-28-26-37(29-42(40)47)48(35-22-17-31(18-23-35)30-9-4-3-5-10-30)36-24-19-32(20-25-36)38-27-21-34-16-15-33-11-8-14-43-44(33)45(34)46(38)49-43/h3-29H,1-2H3. The van der Waals surface area contributed by atoms with Crippen LogP contribution >= 0.6 is 0 Å². The van der Waals surface area contributed by atoms with E-state index in [4.69, 9.17) is 4.42 Å². The van der Waals surface area contributed by atoms with Crippen LogP contribution in [0.15, 0.2) is 168 Å². The van der Waals surface area contributed by atoms with Crippen LogP contribution in [0.5, 0.6) is 0 Å². The lowest BCUT2D eigenvalue weighted by Crippen LogP contribution is -2.16. The van der Waals surface area contributed by atoms with Gasteiger partial charge in [0.2, 0.25) is 0 Å². The molecule has 0 bridgehead atoms. The predicted octanol–water partition coefficient (Wildman–Crippen LogP) is 13.3. The summed E-state index contributed by atoms with van der Waals surface area (Å²) in [5, 5.41) is 4.84. The van der Waals surface area contributed by atoms with Crippen molar-refractivity contribution in [3.05, 3.63) is 175 Å². The van der Waals surface area contributed by atoms with Gasteiger partial charge in [-0.1, -0.05) is 129 Å². The topological polar surface area (TPSA) is 16.4 Å². The van der Waals surface area contributed by atoms with Gasteiger partial charge < -0.3 is 9.32 Å². The van der Waals surface area contributed by atoms with E-state index in [9.17, 15) is 0 Å². The number of anilines is 3. The van der Waals surface area contributed by atoms with Gasteiger partial charge in [-0.25, -0.2) is 0 Å². The predicted molar refractivity (Wildman–Crippen MR) is 206 cm³/mol. The highest BCUT2D eigenvalue weighted by Gasteiger charge is 2.35. The van der Waals surface area contributed by atoms with Gasteiger partial charge in [-0.15, -0.1) is 0 Å². The highest BCUT2D eigenvalue weighted by atomic mass is 16.3. The molecular formula is C47H33NO. The van der Waals surface area contributed by atoms with Crippen LogP contribution in [-0.2, 0) is 5.41 Å². The van der Waals surface area contributed by atoms with Crippen molar-refractivity contribution in [3.8, 4) is 33.4 Å². The average Bonchev–Trinajstić information content (AvgIpc) is 3.66. The van der Waals surface area contributed by atoms with Crippen molar-refractivity contribution in [3.63, 3.8) is 0 Å². The number of benzene rings is 8. The van der Waals surface area contributed by atoms with Crippen LogP contribution in [0.2, 0.25) is 0 Å². The normalized spacial score (nSPS) is 13.3. The summed E-state index contributed by atoms with van der Waals surface area (Å²) in [5.74, 6) is 0. The third-order valence-electron chi connectivity index (χ3n) is 10.6. The summed E-state index contributed by atoms with van der Waals surface area (Å²) < 4.78 is 6.54. The first-order valence-electron chi connectivity index (χ1n) is 17.0. The number of hydrogen-bond acceptors (Lipinski definition) is 2. The van der Waals surface area contributed by atoms with Gasteiger partial charge in [0.15, 0.2) is 0 Å². The number of nitrogens with zero attached hydrogens (tertiary/aromatic N) is 1. The van der Waals surface area contributed by atoms with Gasteiger partial charge >= 0.3 is 0 Å². The Morgan fingerprint density at radius 2 is 1.02 bits per heavy atom. The van der Waals surface area contributed by atoms with Gasteiger partial charge in [-0.2, -0.15) is 0 Å². The zero-order chi connectivity index (χ0) is 32.7. The fraction of sp³-hybridized carbons (Fsp3) is 0.0638. The zero-order valence-electron chi connectivity index (χ0n) is 27.4. The molecule has 1 aromatic heterocycles. The number of fused-ring (bicyclic) bond motifs is 3. The van der Waals surface area contributed by atoms with Crippen LogP contribution in [0.4, 0.5) is 17.1 Å². The summed E-state index contributed by atoms with van der Waals surface area (Å²) in [5.41, 5.74) is 15.2. The first kappa shape index (κ1) is 27.9. The third kappa shape index (κ3) is 4.20. The first-order valence-corrected chi connectivity index (χ1v) is 17.0. The summed E-state index contributed by atoms with van der Waals surface area (Å²) >= 11 is 0. The van der Waals surface area contributed by atoms with Crippen LogP contribution in [0.3, 0.4) is 0 Å². The van der Waals surface area contributed by atoms with Crippen LogP contribution in [-0.4, -0.2) is 0 Å². The molecular weight excluding hydrogens is 595 g/mol. The van der Waals surface area contributed by atoms with Gasteiger partial charge in [-0.3, -0.25) is 0 Å². The lowest BCUT2D eigenvalue weighted by molar-refractivity contribution is 0.660. The Balaban J connectivity index is 1.10. The second-order valence-corrected chi connectivity index (χ2v) is 13.8. The van der Waals surface area contributed by atoms with Gasteiger partial charge in [-0.05, 0) is 98.2 Å².